The zero-order valence-electron chi connectivity index (χ0n) is 14.3. The Morgan fingerprint density at radius 3 is 2.42 bits per heavy atom. The van der Waals surface area contributed by atoms with Gasteiger partial charge < -0.3 is 20.3 Å². The number of hydrogen-bond donors (Lipinski definition) is 2. The number of hydrogen-bond acceptors (Lipinski definition) is 6. The molecule has 0 amide bonds. The standard InChI is InChI=1S/C17H20F3N5O/c1-2-21-16-23-14(17(18,19)20)11-15(24-16)22-12-3-5-13(6-4-12)25-7-9-26-10-8-25/h3-6,11H,2,7-10H2,1H3,(H2,21,22,23,24). The second-order valence-electron chi connectivity index (χ2n) is 5.76. The van der Waals surface area contributed by atoms with Crippen LogP contribution in [0.15, 0.2) is 30.3 Å². The first-order valence-corrected chi connectivity index (χ1v) is 8.35. The molecule has 0 atom stereocenters. The van der Waals surface area contributed by atoms with E-state index in [-0.39, 0.29) is 11.8 Å². The highest BCUT2D eigenvalue weighted by molar-refractivity contribution is 5.62. The van der Waals surface area contributed by atoms with Crippen LogP contribution in [0.3, 0.4) is 0 Å². The predicted octanol–water partition coefficient (Wildman–Crippen LogP) is 3.51. The molecule has 9 heteroatoms. The predicted molar refractivity (Wildman–Crippen MR) is 94.0 cm³/mol. The van der Waals surface area contributed by atoms with E-state index >= 15 is 0 Å². The highest BCUT2D eigenvalue weighted by Gasteiger charge is 2.33. The second-order valence-corrected chi connectivity index (χ2v) is 5.76. The van der Waals surface area contributed by atoms with E-state index in [0.29, 0.717) is 25.4 Å². The molecule has 0 unspecified atom stereocenters. The van der Waals surface area contributed by atoms with Gasteiger partial charge in [-0.15, -0.1) is 0 Å². The molecule has 1 saturated heterocycles. The minimum Gasteiger partial charge on any atom is -0.378 e. The summed E-state index contributed by atoms with van der Waals surface area (Å²) >= 11 is 0. The Kier molecular flexibility index (Phi) is 5.46. The molecular weight excluding hydrogens is 347 g/mol. The van der Waals surface area contributed by atoms with Crippen LogP contribution in [-0.2, 0) is 10.9 Å². The maximum atomic E-state index is 13.0. The normalized spacial score (nSPS) is 15.0. The van der Waals surface area contributed by atoms with Gasteiger partial charge in [0, 0.05) is 37.1 Å². The molecule has 1 aliphatic heterocycles. The van der Waals surface area contributed by atoms with Gasteiger partial charge in [-0.2, -0.15) is 18.2 Å². The fourth-order valence-corrected chi connectivity index (χ4v) is 2.62. The van der Waals surface area contributed by atoms with Crippen molar-refractivity contribution in [2.24, 2.45) is 0 Å². The molecule has 2 aromatic rings. The van der Waals surface area contributed by atoms with E-state index in [0.717, 1.165) is 24.8 Å². The molecule has 1 aliphatic rings. The van der Waals surface area contributed by atoms with Gasteiger partial charge in [-0.1, -0.05) is 0 Å². The Labute approximate surface area is 149 Å². The van der Waals surface area contributed by atoms with Crippen LogP contribution in [0.1, 0.15) is 12.6 Å². The summed E-state index contributed by atoms with van der Waals surface area (Å²) in [5.74, 6) is 0.0251. The molecule has 1 aromatic carbocycles. The van der Waals surface area contributed by atoms with E-state index in [1.54, 1.807) is 6.92 Å². The van der Waals surface area contributed by atoms with Crippen molar-refractivity contribution in [2.75, 3.05) is 48.4 Å². The van der Waals surface area contributed by atoms with Crippen LogP contribution < -0.4 is 15.5 Å². The van der Waals surface area contributed by atoms with Crippen LogP contribution in [0.2, 0.25) is 0 Å². The number of ether oxygens (including phenoxy) is 1. The van der Waals surface area contributed by atoms with E-state index in [1.165, 1.54) is 0 Å². The lowest BCUT2D eigenvalue weighted by atomic mass is 10.2. The van der Waals surface area contributed by atoms with Gasteiger partial charge >= 0.3 is 6.18 Å². The molecule has 2 heterocycles. The lowest BCUT2D eigenvalue weighted by Crippen LogP contribution is -2.36. The van der Waals surface area contributed by atoms with E-state index in [1.807, 2.05) is 24.3 Å². The number of anilines is 4. The zero-order chi connectivity index (χ0) is 18.6. The summed E-state index contributed by atoms with van der Waals surface area (Å²) in [6.45, 7) is 5.21. The Hall–Kier alpha value is -2.55. The van der Waals surface area contributed by atoms with E-state index < -0.39 is 11.9 Å². The number of morpholine rings is 1. The van der Waals surface area contributed by atoms with Crippen LogP contribution in [0.5, 0.6) is 0 Å². The summed E-state index contributed by atoms with van der Waals surface area (Å²) in [5, 5.41) is 5.63. The summed E-state index contributed by atoms with van der Waals surface area (Å²) in [6, 6.07) is 8.37. The number of benzene rings is 1. The van der Waals surface area contributed by atoms with Crippen LogP contribution in [0.4, 0.5) is 36.3 Å². The van der Waals surface area contributed by atoms with E-state index in [4.69, 9.17) is 4.74 Å². The van der Waals surface area contributed by atoms with Gasteiger partial charge in [-0.05, 0) is 31.2 Å². The smallest absolute Gasteiger partial charge is 0.378 e. The summed E-state index contributed by atoms with van der Waals surface area (Å²) in [5.41, 5.74) is 0.707. The van der Waals surface area contributed by atoms with Crippen molar-refractivity contribution in [3.63, 3.8) is 0 Å². The van der Waals surface area contributed by atoms with Gasteiger partial charge in [0.1, 0.15) is 5.82 Å². The summed E-state index contributed by atoms with van der Waals surface area (Å²) in [7, 11) is 0. The number of rotatable bonds is 5. The van der Waals surface area contributed by atoms with Gasteiger partial charge in [0.2, 0.25) is 5.95 Å². The number of alkyl halides is 3. The first-order chi connectivity index (χ1) is 12.5. The lowest BCUT2D eigenvalue weighted by molar-refractivity contribution is -0.141. The minimum absolute atomic E-state index is 0.0604. The van der Waals surface area contributed by atoms with Crippen LogP contribution in [0, 0.1) is 0 Å². The summed E-state index contributed by atoms with van der Waals surface area (Å²) in [6.07, 6.45) is -4.54. The first-order valence-electron chi connectivity index (χ1n) is 8.35. The van der Waals surface area contributed by atoms with Crippen LogP contribution in [-0.4, -0.2) is 42.8 Å². The Balaban J connectivity index is 1.78. The van der Waals surface area contributed by atoms with Gasteiger partial charge in [0.15, 0.2) is 5.69 Å². The molecule has 6 nitrogen and oxygen atoms in total. The van der Waals surface area contributed by atoms with Crippen molar-refractivity contribution in [3.05, 3.63) is 36.0 Å². The van der Waals surface area contributed by atoms with Crippen molar-refractivity contribution < 1.29 is 17.9 Å². The topological polar surface area (TPSA) is 62.3 Å². The Morgan fingerprint density at radius 1 is 1.12 bits per heavy atom. The molecule has 0 spiro atoms. The van der Waals surface area contributed by atoms with E-state index in [2.05, 4.69) is 25.5 Å². The zero-order valence-corrected chi connectivity index (χ0v) is 14.3. The van der Waals surface area contributed by atoms with Gasteiger partial charge in [0.05, 0.1) is 13.2 Å². The molecular formula is C17H20F3N5O. The third kappa shape index (κ3) is 4.54. The maximum Gasteiger partial charge on any atom is 0.433 e. The summed E-state index contributed by atoms with van der Waals surface area (Å²) < 4.78 is 44.4. The van der Waals surface area contributed by atoms with Crippen molar-refractivity contribution in [1.29, 1.82) is 0 Å². The van der Waals surface area contributed by atoms with Crippen LogP contribution >= 0.6 is 0 Å². The number of nitrogens with one attached hydrogen (secondary N) is 2. The Morgan fingerprint density at radius 2 is 1.81 bits per heavy atom. The average Bonchev–Trinajstić information content (AvgIpc) is 2.62. The first kappa shape index (κ1) is 18.2. The van der Waals surface area contributed by atoms with Crippen LogP contribution in [0.25, 0.3) is 0 Å². The largest absolute Gasteiger partial charge is 0.433 e. The second kappa shape index (κ2) is 7.77. The molecule has 1 fully saturated rings. The SMILES string of the molecule is CCNc1nc(Nc2ccc(N3CCOCC3)cc2)cc(C(F)(F)F)n1. The molecule has 3 rings (SSSR count). The lowest BCUT2D eigenvalue weighted by Gasteiger charge is -2.28. The number of halogens is 3. The molecule has 140 valence electrons. The monoisotopic (exact) mass is 367 g/mol. The summed E-state index contributed by atoms with van der Waals surface area (Å²) in [4.78, 5) is 9.79. The van der Waals surface area contributed by atoms with Gasteiger partial charge in [-0.3, -0.25) is 0 Å². The molecule has 0 bridgehead atoms. The fraction of sp³-hybridized carbons (Fsp3) is 0.412. The number of aromatic nitrogens is 2. The van der Waals surface area contributed by atoms with Gasteiger partial charge in [0.25, 0.3) is 0 Å². The molecule has 0 saturated carbocycles. The van der Waals surface area contributed by atoms with Crippen molar-refractivity contribution >= 4 is 23.1 Å². The third-order valence-electron chi connectivity index (χ3n) is 3.87. The maximum absolute atomic E-state index is 13.0. The quantitative estimate of drug-likeness (QED) is 0.843. The van der Waals surface area contributed by atoms with Gasteiger partial charge in [-0.25, -0.2) is 4.98 Å². The molecule has 0 aliphatic carbocycles. The molecule has 0 radical (unpaired) electrons. The average molecular weight is 367 g/mol. The van der Waals surface area contributed by atoms with Crippen molar-refractivity contribution in [2.45, 2.75) is 13.1 Å². The Bertz CT molecular complexity index is 730. The van der Waals surface area contributed by atoms with Crippen molar-refractivity contribution in [1.82, 2.24) is 9.97 Å². The minimum atomic E-state index is -4.54. The number of nitrogens with zero attached hydrogens (tertiary/aromatic N) is 3. The highest BCUT2D eigenvalue weighted by Crippen LogP contribution is 2.30. The third-order valence-corrected chi connectivity index (χ3v) is 3.87. The molecule has 26 heavy (non-hydrogen) atoms. The highest BCUT2D eigenvalue weighted by atomic mass is 19.4. The van der Waals surface area contributed by atoms with Crippen molar-refractivity contribution in [3.8, 4) is 0 Å². The van der Waals surface area contributed by atoms with E-state index in [9.17, 15) is 13.2 Å². The molecule has 2 N–H and O–H groups in total. The fourth-order valence-electron chi connectivity index (χ4n) is 2.62. The molecule has 1 aromatic heterocycles.